The third-order valence-electron chi connectivity index (χ3n) is 3.39. The summed E-state index contributed by atoms with van der Waals surface area (Å²) in [5.41, 5.74) is 0.737. The molecule has 0 aliphatic heterocycles. The molecule has 1 N–H and O–H groups in total. The van der Waals surface area contributed by atoms with E-state index in [1.165, 1.54) is 18.9 Å². The van der Waals surface area contributed by atoms with Crippen LogP contribution in [0.5, 0.6) is 0 Å². The van der Waals surface area contributed by atoms with Crippen LogP contribution in [0.2, 0.25) is 5.02 Å². The second-order valence-corrected chi connectivity index (χ2v) is 5.21. The summed E-state index contributed by atoms with van der Waals surface area (Å²) >= 11 is 5.89. The number of rotatable bonds is 6. The van der Waals surface area contributed by atoms with Crippen molar-refractivity contribution in [3.63, 3.8) is 0 Å². The predicted molar refractivity (Wildman–Crippen MR) is 69.9 cm³/mol. The quantitative estimate of drug-likeness (QED) is 0.815. The normalized spacial score (nSPS) is 17.1. The van der Waals surface area contributed by atoms with Gasteiger partial charge in [-0.15, -0.1) is 0 Å². The minimum Gasteiger partial charge on any atom is -0.314 e. The van der Waals surface area contributed by atoms with Crippen molar-refractivity contribution in [3.8, 4) is 0 Å². The number of aryl methyl sites for hydroxylation is 1. The van der Waals surface area contributed by atoms with Crippen LogP contribution >= 0.6 is 11.6 Å². The molecule has 1 fully saturated rings. The molecule has 1 aromatic rings. The van der Waals surface area contributed by atoms with Gasteiger partial charge in [0.2, 0.25) is 0 Å². The summed E-state index contributed by atoms with van der Waals surface area (Å²) in [6.07, 6.45) is 4.39. The Bertz CT molecular complexity index is 376. The van der Waals surface area contributed by atoms with Crippen LogP contribution in [0.4, 0.5) is 4.39 Å². The molecule has 0 aromatic heterocycles. The van der Waals surface area contributed by atoms with E-state index < -0.39 is 0 Å². The minimum atomic E-state index is -0.138. The molecule has 94 valence electrons. The Morgan fingerprint density at radius 1 is 1.47 bits per heavy atom. The van der Waals surface area contributed by atoms with E-state index in [0.717, 1.165) is 30.9 Å². The van der Waals surface area contributed by atoms with Crippen LogP contribution in [0.1, 0.15) is 31.7 Å². The zero-order valence-corrected chi connectivity index (χ0v) is 10.9. The molecule has 3 heteroatoms. The van der Waals surface area contributed by atoms with E-state index in [4.69, 9.17) is 11.6 Å². The molecule has 1 nitrogen and oxygen atoms in total. The zero-order valence-electron chi connectivity index (χ0n) is 10.2. The molecular formula is C14H19ClFN. The van der Waals surface area contributed by atoms with Gasteiger partial charge in [-0.2, -0.15) is 0 Å². The Morgan fingerprint density at radius 2 is 2.24 bits per heavy atom. The van der Waals surface area contributed by atoms with Crippen LogP contribution in [0.25, 0.3) is 0 Å². The van der Waals surface area contributed by atoms with Gasteiger partial charge in [0.15, 0.2) is 0 Å². The summed E-state index contributed by atoms with van der Waals surface area (Å²) in [6.45, 7) is 3.11. The fourth-order valence-electron chi connectivity index (χ4n) is 2.31. The number of hydrogen-bond acceptors (Lipinski definition) is 1. The monoisotopic (exact) mass is 255 g/mol. The molecule has 1 aromatic carbocycles. The molecule has 1 aliphatic carbocycles. The first-order valence-corrected chi connectivity index (χ1v) is 6.75. The van der Waals surface area contributed by atoms with Gasteiger partial charge in [0.25, 0.3) is 0 Å². The van der Waals surface area contributed by atoms with Crippen molar-refractivity contribution < 1.29 is 4.39 Å². The molecule has 17 heavy (non-hydrogen) atoms. The highest BCUT2D eigenvalue weighted by molar-refractivity contribution is 6.30. The summed E-state index contributed by atoms with van der Waals surface area (Å²) in [4.78, 5) is 0. The first-order chi connectivity index (χ1) is 8.20. The van der Waals surface area contributed by atoms with Crippen molar-refractivity contribution >= 4 is 11.6 Å². The number of hydrogen-bond donors (Lipinski definition) is 1. The Balaban J connectivity index is 1.93. The van der Waals surface area contributed by atoms with Gasteiger partial charge in [-0.3, -0.25) is 0 Å². The second kappa shape index (κ2) is 5.83. The van der Waals surface area contributed by atoms with E-state index in [2.05, 4.69) is 12.2 Å². The third-order valence-corrected chi connectivity index (χ3v) is 3.62. The van der Waals surface area contributed by atoms with Crippen LogP contribution in [0, 0.1) is 11.7 Å². The maximum atomic E-state index is 13.5. The third kappa shape index (κ3) is 3.68. The maximum absolute atomic E-state index is 13.5. The summed E-state index contributed by atoms with van der Waals surface area (Å²) in [6, 6.07) is 5.34. The summed E-state index contributed by atoms with van der Waals surface area (Å²) < 4.78 is 13.5. The zero-order chi connectivity index (χ0) is 12.3. The van der Waals surface area contributed by atoms with Crippen molar-refractivity contribution in [2.75, 3.05) is 6.54 Å². The van der Waals surface area contributed by atoms with Gasteiger partial charge in [0.05, 0.1) is 0 Å². The molecule has 0 radical (unpaired) electrons. The number of benzene rings is 1. The Labute approximate surface area is 107 Å². The highest BCUT2D eigenvalue weighted by Crippen LogP contribution is 2.34. The van der Waals surface area contributed by atoms with E-state index in [9.17, 15) is 4.39 Å². The molecule has 1 aliphatic rings. The van der Waals surface area contributed by atoms with Crippen LogP contribution in [0.3, 0.4) is 0 Å². The molecule has 1 unspecified atom stereocenters. The topological polar surface area (TPSA) is 12.0 Å². The molecule has 0 saturated heterocycles. The van der Waals surface area contributed by atoms with Crippen molar-refractivity contribution in [2.24, 2.45) is 5.92 Å². The average Bonchev–Trinajstić information content (AvgIpc) is 3.12. The lowest BCUT2D eigenvalue weighted by Crippen LogP contribution is -2.31. The number of nitrogens with one attached hydrogen (secondary N) is 1. The summed E-state index contributed by atoms with van der Waals surface area (Å²) in [5, 5.41) is 4.11. The first-order valence-electron chi connectivity index (χ1n) is 6.38. The maximum Gasteiger partial charge on any atom is 0.126 e. The van der Waals surface area contributed by atoms with Gasteiger partial charge >= 0.3 is 0 Å². The van der Waals surface area contributed by atoms with Crippen molar-refractivity contribution in [2.45, 2.75) is 38.6 Å². The Hall–Kier alpha value is -0.600. The van der Waals surface area contributed by atoms with E-state index in [1.54, 1.807) is 12.1 Å². The lowest BCUT2D eigenvalue weighted by Gasteiger charge is -2.17. The lowest BCUT2D eigenvalue weighted by molar-refractivity contribution is 0.442. The van der Waals surface area contributed by atoms with Crippen LogP contribution in [0.15, 0.2) is 18.2 Å². The Morgan fingerprint density at radius 3 is 2.88 bits per heavy atom. The molecule has 0 bridgehead atoms. The highest BCUT2D eigenvalue weighted by Gasteiger charge is 2.30. The summed E-state index contributed by atoms with van der Waals surface area (Å²) in [5.74, 6) is 0.664. The lowest BCUT2D eigenvalue weighted by atomic mass is 10.0. The van der Waals surface area contributed by atoms with Gasteiger partial charge in [-0.25, -0.2) is 4.39 Å². The van der Waals surface area contributed by atoms with Crippen LogP contribution in [-0.4, -0.2) is 12.6 Å². The molecule has 0 heterocycles. The van der Waals surface area contributed by atoms with Gasteiger partial charge in [0, 0.05) is 11.1 Å². The van der Waals surface area contributed by atoms with Gasteiger partial charge in [0.1, 0.15) is 5.82 Å². The fraction of sp³-hybridized carbons (Fsp3) is 0.571. The first kappa shape index (κ1) is 12.8. The van der Waals surface area contributed by atoms with Crippen molar-refractivity contribution in [1.82, 2.24) is 5.32 Å². The molecule has 0 amide bonds. The van der Waals surface area contributed by atoms with Crippen molar-refractivity contribution in [1.29, 1.82) is 0 Å². The SMILES string of the molecule is CCNC(CCc1cc(Cl)ccc1F)C1CC1. The summed E-state index contributed by atoms with van der Waals surface area (Å²) in [7, 11) is 0. The van der Waals surface area contributed by atoms with Crippen LogP contribution in [-0.2, 0) is 6.42 Å². The van der Waals surface area contributed by atoms with E-state index in [-0.39, 0.29) is 5.82 Å². The van der Waals surface area contributed by atoms with E-state index in [0.29, 0.717) is 11.1 Å². The minimum absolute atomic E-state index is 0.138. The highest BCUT2D eigenvalue weighted by atomic mass is 35.5. The average molecular weight is 256 g/mol. The standard InChI is InChI=1S/C14H19ClFN/c1-2-17-14(10-3-4-10)8-5-11-9-12(15)6-7-13(11)16/h6-7,9-10,14,17H,2-5,8H2,1H3. The van der Waals surface area contributed by atoms with Gasteiger partial charge in [-0.05, 0) is 61.9 Å². The molecule has 0 spiro atoms. The second-order valence-electron chi connectivity index (χ2n) is 4.78. The van der Waals surface area contributed by atoms with Crippen LogP contribution < -0.4 is 5.32 Å². The predicted octanol–water partition coefficient (Wildman–Crippen LogP) is 3.80. The largest absolute Gasteiger partial charge is 0.314 e. The molecular weight excluding hydrogens is 237 g/mol. The Kier molecular flexibility index (Phi) is 4.41. The number of halogens is 2. The molecule has 1 atom stereocenters. The van der Waals surface area contributed by atoms with Gasteiger partial charge in [-0.1, -0.05) is 18.5 Å². The van der Waals surface area contributed by atoms with E-state index in [1.807, 2.05) is 0 Å². The van der Waals surface area contributed by atoms with Crippen molar-refractivity contribution in [3.05, 3.63) is 34.6 Å². The van der Waals surface area contributed by atoms with E-state index >= 15 is 0 Å². The smallest absolute Gasteiger partial charge is 0.126 e. The fourth-order valence-corrected chi connectivity index (χ4v) is 2.51. The van der Waals surface area contributed by atoms with Gasteiger partial charge < -0.3 is 5.32 Å². The molecule has 2 rings (SSSR count). The molecule has 1 saturated carbocycles.